The lowest BCUT2D eigenvalue weighted by atomic mass is 10.1. The Morgan fingerprint density at radius 1 is 1.33 bits per heavy atom. The van der Waals surface area contributed by atoms with E-state index in [1.807, 2.05) is 20.8 Å². The van der Waals surface area contributed by atoms with Crippen LogP contribution in [-0.4, -0.2) is 32.8 Å². The topological polar surface area (TPSA) is 117 Å². The first kappa shape index (κ1) is 13.1. The first-order valence-corrected chi connectivity index (χ1v) is 7.29. The van der Waals surface area contributed by atoms with Crippen LogP contribution in [0.4, 0.5) is 0 Å². The molecule has 0 fully saturated rings. The maximum atomic E-state index is 11.5. The lowest BCUT2D eigenvalue weighted by Crippen LogP contribution is -2.29. The molecule has 0 bridgehead atoms. The molecule has 8 nitrogen and oxygen atoms in total. The van der Waals surface area contributed by atoms with Gasteiger partial charge in [-0.2, -0.15) is 0 Å². The average molecular weight is 288 g/mol. The third kappa shape index (κ3) is 2.26. The molecule has 0 aromatic carbocycles. The van der Waals surface area contributed by atoms with Crippen molar-refractivity contribution >= 4 is 21.6 Å². The molecule has 2 rings (SSSR count). The zero-order valence-corrected chi connectivity index (χ0v) is 11.7. The second-order valence-corrected chi connectivity index (χ2v) is 6.88. The lowest BCUT2D eigenvalue weighted by molar-refractivity contribution is 0.366. The van der Waals surface area contributed by atoms with Crippen molar-refractivity contribution in [3.05, 3.63) is 6.20 Å². The van der Waals surface area contributed by atoms with Crippen molar-refractivity contribution in [2.75, 3.05) is 0 Å². The minimum atomic E-state index is -3.93. The van der Waals surface area contributed by atoms with Gasteiger partial charge in [0, 0.05) is 5.54 Å². The Labute approximate surface area is 108 Å². The highest BCUT2D eigenvalue weighted by atomic mass is 32.2. The summed E-state index contributed by atoms with van der Waals surface area (Å²) in [7, 11) is -3.93. The van der Waals surface area contributed by atoms with Gasteiger partial charge in [-0.15, -0.1) is 15.3 Å². The Morgan fingerprint density at radius 2 is 2.00 bits per heavy atom. The molecule has 0 amide bonds. The van der Waals surface area contributed by atoms with Crippen molar-refractivity contribution in [1.29, 1.82) is 0 Å². The van der Waals surface area contributed by atoms with Crippen LogP contribution in [0.3, 0.4) is 0 Å². The van der Waals surface area contributed by atoms with E-state index in [1.165, 1.54) is 10.8 Å². The molecule has 18 heavy (non-hydrogen) atoms. The van der Waals surface area contributed by atoms with E-state index < -0.39 is 15.6 Å². The Balaban J connectivity index is 2.75. The predicted octanol–water partition coefficient (Wildman–Crippen LogP) is 0.199. The third-order valence-corrected chi connectivity index (χ3v) is 3.57. The highest BCUT2D eigenvalue weighted by Gasteiger charge is 2.29. The van der Waals surface area contributed by atoms with E-state index in [9.17, 15) is 8.42 Å². The van der Waals surface area contributed by atoms with Crippen LogP contribution in [0, 0.1) is 0 Å². The summed E-state index contributed by atoms with van der Waals surface area (Å²) in [5.41, 5.74) is -0.537. The van der Waals surface area contributed by atoms with E-state index >= 15 is 0 Å². The van der Waals surface area contributed by atoms with Gasteiger partial charge in [0.05, 0.1) is 6.20 Å². The molecule has 0 aliphatic heterocycles. The zero-order chi connectivity index (χ0) is 13.6. The molecule has 0 aliphatic carbocycles. The van der Waals surface area contributed by atoms with E-state index in [1.54, 1.807) is 0 Å². The van der Waals surface area contributed by atoms with Crippen LogP contribution in [0.5, 0.6) is 0 Å². The highest BCUT2D eigenvalue weighted by Crippen LogP contribution is 2.28. The monoisotopic (exact) mass is 288 g/mol. The molecule has 0 aliphatic rings. The molecule has 0 saturated carbocycles. The molecule has 10 heteroatoms. The SMILES string of the molecule is CC(C)(C)n1c(-c2cnns2)nnc1S(N)(=O)=O. The second-order valence-electron chi connectivity index (χ2n) is 4.64. The van der Waals surface area contributed by atoms with Crippen LogP contribution in [-0.2, 0) is 15.6 Å². The van der Waals surface area contributed by atoms with Crippen LogP contribution in [0.25, 0.3) is 10.7 Å². The Hall–Kier alpha value is -1.39. The third-order valence-electron chi connectivity index (χ3n) is 2.14. The number of sulfonamides is 1. The largest absolute Gasteiger partial charge is 0.291 e. The van der Waals surface area contributed by atoms with Crippen molar-refractivity contribution in [3.8, 4) is 10.7 Å². The summed E-state index contributed by atoms with van der Waals surface area (Å²) in [6.45, 7) is 5.51. The molecular weight excluding hydrogens is 276 g/mol. The molecule has 2 aromatic heterocycles. The quantitative estimate of drug-likeness (QED) is 0.843. The van der Waals surface area contributed by atoms with Gasteiger partial charge in [0.1, 0.15) is 4.88 Å². The summed E-state index contributed by atoms with van der Waals surface area (Å²) in [6, 6.07) is 0. The zero-order valence-electron chi connectivity index (χ0n) is 10.0. The molecule has 0 atom stereocenters. The number of hydrogen-bond acceptors (Lipinski definition) is 7. The molecule has 0 spiro atoms. The molecule has 0 radical (unpaired) electrons. The fourth-order valence-electron chi connectivity index (χ4n) is 1.48. The number of hydrogen-bond donors (Lipinski definition) is 1. The molecule has 0 saturated heterocycles. The van der Waals surface area contributed by atoms with Crippen LogP contribution < -0.4 is 5.14 Å². The Kier molecular flexibility index (Phi) is 2.95. The number of rotatable bonds is 2. The van der Waals surface area contributed by atoms with Crippen LogP contribution in [0.15, 0.2) is 11.4 Å². The van der Waals surface area contributed by atoms with Gasteiger partial charge in [-0.05, 0) is 32.3 Å². The fraction of sp³-hybridized carbons (Fsp3) is 0.500. The minimum absolute atomic E-state index is 0.265. The Bertz CT molecular complexity index is 652. The number of aromatic nitrogens is 5. The van der Waals surface area contributed by atoms with Gasteiger partial charge in [-0.1, -0.05) is 4.49 Å². The van der Waals surface area contributed by atoms with Gasteiger partial charge in [0.25, 0.3) is 15.2 Å². The summed E-state index contributed by atoms with van der Waals surface area (Å²) in [6.07, 6.45) is 1.50. The predicted molar refractivity (Wildman–Crippen MR) is 65.3 cm³/mol. The summed E-state index contributed by atoms with van der Waals surface area (Å²) >= 11 is 1.11. The van der Waals surface area contributed by atoms with Crippen molar-refractivity contribution in [3.63, 3.8) is 0 Å². The summed E-state index contributed by atoms with van der Waals surface area (Å²) in [5.74, 6) is 0.390. The Morgan fingerprint density at radius 3 is 2.44 bits per heavy atom. The number of nitrogens with two attached hydrogens (primary N) is 1. The van der Waals surface area contributed by atoms with E-state index in [0.29, 0.717) is 10.7 Å². The van der Waals surface area contributed by atoms with E-state index in [4.69, 9.17) is 5.14 Å². The van der Waals surface area contributed by atoms with Gasteiger partial charge >= 0.3 is 0 Å². The van der Waals surface area contributed by atoms with Crippen LogP contribution in [0.2, 0.25) is 0 Å². The van der Waals surface area contributed by atoms with Gasteiger partial charge in [0.2, 0.25) is 0 Å². The van der Waals surface area contributed by atoms with Gasteiger partial charge in [-0.25, -0.2) is 13.6 Å². The first-order valence-electron chi connectivity index (χ1n) is 4.97. The average Bonchev–Trinajstić information content (AvgIpc) is 2.83. The van der Waals surface area contributed by atoms with Gasteiger partial charge in [-0.3, -0.25) is 4.57 Å². The van der Waals surface area contributed by atoms with E-state index in [-0.39, 0.29) is 5.16 Å². The van der Waals surface area contributed by atoms with Crippen molar-refractivity contribution in [2.45, 2.75) is 31.5 Å². The summed E-state index contributed by atoms with van der Waals surface area (Å²) in [4.78, 5) is 0.632. The highest BCUT2D eigenvalue weighted by molar-refractivity contribution is 7.89. The van der Waals surface area contributed by atoms with Gasteiger partial charge < -0.3 is 0 Å². The van der Waals surface area contributed by atoms with Crippen molar-refractivity contribution < 1.29 is 8.42 Å². The summed E-state index contributed by atoms with van der Waals surface area (Å²) in [5, 5.41) is 16.1. The molecule has 2 heterocycles. The fourth-order valence-corrected chi connectivity index (χ4v) is 2.74. The van der Waals surface area contributed by atoms with E-state index in [0.717, 1.165) is 11.5 Å². The molecule has 2 N–H and O–H groups in total. The molecule has 0 unspecified atom stereocenters. The van der Waals surface area contributed by atoms with Gasteiger partial charge in [0.15, 0.2) is 5.82 Å². The number of nitrogens with zero attached hydrogens (tertiary/aromatic N) is 5. The molecule has 98 valence electrons. The van der Waals surface area contributed by atoms with Crippen LogP contribution in [0.1, 0.15) is 20.8 Å². The normalized spacial score (nSPS) is 12.9. The van der Waals surface area contributed by atoms with Crippen molar-refractivity contribution in [1.82, 2.24) is 24.4 Å². The maximum absolute atomic E-state index is 11.5. The van der Waals surface area contributed by atoms with Crippen molar-refractivity contribution in [2.24, 2.45) is 5.14 Å². The lowest BCUT2D eigenvalue weighted by Gasteiger charge is -2.23. The molecule has 2 aromatic rings. The standard InChI is InChI=1S/C8H12N6O2S2/c1-8(2,3)14-6(5-4-10-13-17-5)11-12-7(14)18(9,15)16/h4H,1-3H3,(H2,9,15,16). The minimum Gasteiger partial charge on any atom is -0.291 e. The maximum Gasteiger partial charge on any atom is 0.273 e. The van der Waals surface area contributed by atoms with E-state index in [2.05, 4.69) is 19.8 Å². The smallest absolute Gasteiger partial charge is 0.273 e. The van der Waals surface area contributed by atoms with Crippen LogP contribution >= 0.6 is 11.5 Å². The second kappa shape index (κ2) is 4.07. The first-order chi connectivity index (χ1) is 8.21. The summed E-state index contributed by atoms with van der Waals surface area (Å²) < 4.78 is 28.2. The number of primary sulfonamides is 1. The molecular formula is C8H12N6O2S2.